The molecule has 1 amide bonds. The molecule has 23 heavy (non-hydrogen) atoms. The number of H-pyrrole nitrogens is 1. The first-order valence-electron chi connectivity index (χ1n) is 8.05. The Balaban J connectivity index is 1.56. The van der Waals surface area contributed by atoms with E-state index < -0.39 is 0 Å². The Morgan fingerprint density at radius 1 is 1.13 bits per heavy atom. The second kappa shape index (κ2) is 5.77. The van der Waals surface area contributed by atoms with Gasteiger partial charge in [0.1, 0.15) is 5.82 Å². The quantitative estimate of drug-likeness (QED) is 0.924. The van der Waals surface area contributed by atoms with Gasteiger partial charge >= 0.3 is 0 Å². The number of nitrogens with zero attached hydrogens (tertiary/aromatic N) is 3. The van der Waals surface area contributed by atoms with Crippen LogP contribution in [0.15, 0.2) is 30.3 Å². The fourth-order valence-corrected chi connectivity index (χ4v) is 3.51. The first-order valence-corrected chi connectivity index (χ1v) is 8.05. The Morgan fingerprint density at radius 3 is 2.61 bits per heavy atom. The number of hydrogen-bond acceptors (Lipinski definition) is 3. The first kappa shape index (κ1) is 14.4. The average molecular weight is 314 g/mol. The van der Waals surface area contributed by atoms with Gasteiger partial charge in [0, 0.05) is 32.2 Å². The van der Waals surface area contributed by atoms with E-state index in [1.54, 1.807) is 18.2 Å². The molecule has 3 aliphatic heterocycles. The third-order valence-corrected chi connectivity index (χ3v) is 4.87. The van der Waals surface area contributed by atoms with Crippen molar-refractivity contribution in [2.45, 2.75) is 18.9 Å². The molecule has 2 bridgehead atoms. The molecule has 3 fully saturated rings. The fourth-order valence-electron chi connectivity index (χ4n) is 3.51. The Labute approximate surface area is 134 Å². The van der Waals surface area contributed by atoms with Gasteiger partial charge in [0.2, 0.25) is 0 Å². The van der Waals surface area contributed by atoms with Crippen LogP contribution in [0.5, 0.6) is 0 Å². The van der Waals surface area contributed by atoms with Crippen molar-refractivity contribution >= 4 is 5.91 Å². The predicted octanol–water partition coefficient (Wildman–Crippen LogP) is 2.14. The van der Waals surface area contributed by atoms with Crippen LogP contribution in [0.3, 0.4) is 0 Å². The summed E-state index contributed by atoms with van der Waals surface area (Å²) in [6.07, 6.45) is 2.09. The standard InChI is InChI=1S/C17H19FN4O/c18-13-3-1-12(2-4-13)15-11-16(20-19-15)17(23)22-10-9-21-7-5-14(22)6-8-21/h1-4,11,14H,5-10H2,(H,19,20). The number of rotatable bonds is 2. The van der Waals surface area contributed by atoms with Crippen molar-refractivity contribution in [3.8, 4) is 11.3 Å². The van der Waals surface area contributed by atoms with Crippen molar-refractivity contribution in [2.24, 2.45) is 0 Å². The van der Waals surface area contributed by atoms with Crippen molar-refractivity contribution < 1.29 is 9.18 Å². The van der Waals surface area contributed by atoms with E-state index in [0.29, 0.717) is 11.7 Å². The maximum absolute atomic E-state index is 13.0. The summed E-state index contributed by atoms with van der Waals surface area (Å²) in [4.78, 5) is 17.2. The number of carbonyl (C=O) groups excluding carboxylic acids is 1. The monoisotopic (exact) mass is 314 g/mol. The number of carbonyl (C=O) groups is 1. The number of benzene rings is 1. The van der Waals surface area contributed by atoms with Crippen LogP contribution in [0.2, 0.25) is 0 Å². The zero-order valence-corrected chi connectivity index (χ0v) is 12.8. The van der Waals surface area contributed by atoms with E-state index in [1.807, 2.05) is 4.90 Å². The minimum Gasteiger partial charge on any atom is -0.333 e. The van der Waals surface area contributed by atoms with Crippen molar-refractivity contribution in [2.75, 3.05) is 26.2 Å². The number of fused-ring (bicyclic) bond motifs is 4. The van der Waals surface area contributed by atoms with E-state index >= 15 is 0 Å². The van der Waals surface area contributed by atoms with Crippen LogP contribution in [0, 0.1) is 5.82 Å². The molecule has 120 valence electrons. The van der Waals surface area contributed by atoms with Crippen LogP contribution in [-0.2, 0) is 0 Å². The van der Waals surface area contributed by atoms with Crippen LogP contribution in [-0.4, -0.2) is 58.1 Å². The van der Waals surface area contributed by atoms with Crippen LogP contribution < -0.4 is 0 Å². The molecule has 4 heterocycles. The number of nitrogens with one attached hydrogen (secondary N) is 1. The minimum atomic E-state index is -0.278. The average Bonchev–Trinajstić information content (AvgIpc) is 2.88. The molecule has 2 aromatic rings. The summed E-state index contributed by atoms with van der Waals surface area (Å²) in [5, 5.41) is 7.07. The molecule has 0 unspecified atom stereocenters. The van der Waals surface area contributed by atoms with E-state index in [0.717, 1.165) is 50.3 Å². The number of piperidine rings is 1. The largest absolute Gasteiger partial charge is 0.333 e. The van der Waals surface area contributed by atoms with Crippen LogP contribution >= 0.6 is 0 Å². The maximum Gasteiger partial charge on any atom is 0.274 e. The van der Waals surface area contributed by atoms with Crippen LogP contribution in [0.25, 0.3) is 11.3 Å². The highest BCUT2D eigenvalue weighted by Gasteiger charge is 2.33. The summed E-state index contributed by atoms with van der Waals surface area (Å²) in [7, 11) is 0. The molecule has 3 aliphatic rings. The number of halogens is 1. The fraction of sp³-hybridized carbons (Fsp3) is 0.412. The second-order valence-corrected chi connectivity index (χ2v) is 6.25. The summed E-state index contributed by atoms with van der Waals surface area (Å²) < 4.78 is 13.0. The van der Waals surface area contributed by atoms with Crippen molar-refractivity contribution in [1.29, 1.82) is 0 Å². The lowest BCUT2D eigenvalue weighted by Gasteiger charge is -2.30. The third kappa shape index (κ3) is 2.74. The molecule has 0 atom stereocenters. The highest BCUT2D eigenvalue weighted by Crippen LogP contribution is 2.24. The van der Waals surface area contributed by atoms with Gasteiger partial charge in [-0.05, 0) is 48.7 Å². The molecule has 3 saturated heterocycles. The number of hydrogen-bond donors (Lipinski definition) is 1. The zero-order chi connectivity index (χ0) is 15.8. The number of aromatic amines is 1. The Hall–Kier alpha value is -2.21. The zero-order valence-electron chi connectivity index (χ0n) is 12.8. The Morgan fingerprint density at radius 2 is 1.87 bits per heavy atom. The minimum absolute atomic E-state index is 0.0108. The molecular formula is C17H19FN4O. The lowest BCUT2D eigenvalue weighted by Crippen LogP contribution is -2.41. The van der Waals surface area contributed by atoms with Gasteiger partial charge in [-0.3, -0.25) is 9.89 Å². The summed E-state index contributed by atoms with van der Waals surface area (Å²) in [6.45, 7) is 3.87. The first-order chi connectivity index (χ1) is 11.2. The van der Waals surface area contributed by atoms with Gasteiger partial charge < -0.3 is 9.80 Å². The van der Waals surface area contributed by atoms with Gasteiger partial charge in [0.15, 0.2) is 5.69 Å². The Kier molecular flexibility index (Phi) is 3.61. The van der Waals surface area contributed by atoms with Gasteiger partial charge in [0.25, 0.3) is 5.91 Å². The van der Waals surface area contributed by atoms with E-state index in [-0.39, 0.29) is 11.7 Å². The van der Waals surface area contributed by atoms with Crippen LogP contribution in [0.1, 0.15) is 23.3 Å². The Bertz CT molecular complexity index is 704. The van der Waals surface area contributed by atoms with Gasteiger partial charge in [0.05, 0.1) is 5.69 Å². The summed E-state index contributed by atoms with van der Waals surface area (Å²) >= 11 is 0. The maximum atomic E-state index is 13.0. The van der Waals surface area contributed by atoms with Crippen molar-refractivity contribution in [3.63, 3.8) is 0 Å². The number of amides is 1. The van der Waals surface area contributed by atoms with Gasteiger partial charge in [-0.2, -0.15) is 5.10 Å². The molecule has 1 N–H and O–H groups in total. The summed E-state index contributed by atoms with van der Waals surface area (Å²) in [5.41, 5.74) is 1.99. The predicted molar refractivity (Wildman–Crippen MR) is 84.5 cm³/mol. The molecule has 0 spiro atoms. The van der Waals surface area contributed by atoms with E-state index in [4.69, 9.17) is 0 Å². The number of aromatic nitrogens is 2. The van der Waals surface area contributed by atoms with Crippen LogP contribution in [0.4, 0.5) is 4.39 Å². The van der Waals surface area contributed by atoms with E-state index in [9.17, 15) is 9.18 Å². The lowest BCUT2D eigenvalue weighted by molar-refractivity contribution is 0.0679. The smallest absolute Gasteiger partial charge is 0.274 e. The molecule has 6 heteroatoms. The van der Waals surface area contributed by atoms with Crippen molar-refractivity contribution in [1.82, 2.24) is 20.0 Å². The van der Waals surface area contributed by atoms with Gasteiger partial charge in [-0.25, -0.2) is 4.39 Å². The second-order valence-electron chi connectivity index (χ2n) is 6.25. The van der Waals surface area contributed by atoms with Gasteiger partial charge in [-0.15, -0.1) is 0 Å². The molecule has 1 aromatic carbocycles. The molecule has 1 aromatic heterocycles. The highest BCUT2D eigenvalue weighted by atomic mass is 19.1. The van der Waals surface area contributed by atoms with E-state index in [1.165, 1.54) is 12.1 Å². The normalized spacial score (nSPS) is 23.8. The molecule has 5 nitrogen and oxygen atoms in total. The van der Waals surface area contributed by atoms with Crippen molar-refractivity contribution in [3.05, 3.63) is 41.8 Å². The van der Waals surface area contributed by atoms with E-state index in [2.05, 4.69) is 15.1 Å². The molecular weight excluding hydrogens is 295 g/mol. The lowest BCUT2D eigenvalue weighted by atomic mass is 10.0. The molecule has 0 aliphatic carbocycles. The molecule has 5 rings (SSSR count). The highest BCUT2D eigenvalue weighted by molar-refractivity contribution is 5.93. The van der Waals surface area contributed by atoms with Gasteiger partial charge in [-0.1, -0.05) is 0 Å². The summed E-state index contributed by atoms with van der Waals surface area (Å²) in [6, 6.07) is 8.24. The topological polar surface area (TPSA) is 52.2 Å². The third-order valence-electron chi connectivity index (χ3n) is 4.87. The molecule has 0 radical (unpaired) electrons. The summed E-state index contributed by atoms with van der Waals surface area (Å²) in [5.74, 6) is -0.289. The SMILES string of the molecule is O=C(c1cc(-c2ccc(F)cc2)[nH]n1)N1CCN2CCC1CC2. The molecule has 0 saturated carbocycles.